The Bertz CT molecular complexity index is 789. The fourth-order valence-electron chi connectivity index (χ4n) is 4.89. The molecule has 2 N–H and O–H groups in total. The molecular formula is C22H33Cl2N3O8. The fraction of sp³-hybridized carbons (Fsp3) is 0.818. The molecular weight excluding hydrogens is 505 g/mol. The number of halogens is 2. The SMILES string of the molecule is CCOC(=O)CC(NC(=O)CNC(=O)C1CC(C(=O)OC)CC([N+](=O)[O-])C1)C1CC(Cl)CC(Cl)C1. The van der Waals surface area contributed by atoms with E-state index in [1.807, 2.05) is 0 Å². The van der Waals surface area contributed by atoms with E-state index in [1.165, 1.54) is 7.11 Å². The molecule has 2 amide bonds. The van der Waals surface area contributed by atoms with Gasteiger partial charge in [0.15, 0.2) is 0 Å². The molecule has 0 aromatic rings. The second kappa shape index (κ2) is 13.8. The van der Waals surface area contributed by atoms with Crippen LogP contribution >= 0.6 is 23.2 Å². The highest BCUT2D eigenvalue weighted by molar-refractivity contribution is 6.23. The van der Waals surface area contributed by atoms with E-state index in [0.717, 1.165) is 0 Å². The number of nitrogens with one attached hydrogen (secondary N) is 2. The van der Waals surface area contributed by atoms with Gasteiger partial charge in [-0.3, -0.25) is 29.3 Å². The molecule has 2 fully saturated rings. The largest absolute Gasteiger partial charge is 0.469 e. The summed E-state index contributed by atoms with van der Waals surface area (Å²) in [6.45, 7) is 1.50. The summed E-state index contributed by atoms with van der Waals surface area (Å²) in [6, 6.07) is -1.62. The first-order valence-corrected chi connectivity index (χ1v) is 12.6. The zero-order valence-corrected chi connectivity index (χ0v) is 21.4. The van der Waals surface area contributed by atoms with E-state index in [-0.39, 0.29) is 55.5 Å². The molecule has 11 nitrogen and oxygen atoms in total. The maximum Gasteiger partial charge on any atom is 0.308 e. The minimum absolute atomic E-state index is 0.00397. The van der Waals surface area contributed by atoms with Crippen LogP contribution in [0.15, 0.2) is 0 Å². The van der Waals surface area contributed by atoms with Crippen LogP contribution in [0.5, 0.6) is 0 Å². The third-order valence-corrected chi connectivity index (χ3v) is 7.26. The lowest BCUT2D eigenvalue weighted by Gasteiger charge is -2.35. The molecule has 0 heterocycles. The van der Waals surface area contributed by atoms with E-state index in [9.17, 15) is 29.3 Å². The number of carbonyl (C=O) groups excluding carboxylic acids is 4. The summed E-state index contributed by atoms with van der Waals surface area (Å²) in [6.07, 6.45) is 1.79. The van der Waals surface area contributed by atoms with Crippen molar-refractivity contribution >= 4 is 47.0 Å². The maximum atomic E-state index is 12.7. The monoisotopic (exact) mass is 537 g/mol. The minimum Gasteiger partial charge on any atom is -0.469 e. The minimum atomic E-state index is -1.05. The number of amides is 2. The lowest BCUT2D eigenvalue weighted by Crippen LogP contribution is -2.49. The van der Waals surface area contributed by atoms with Crippen molar-refractivity contribution in [1.82, 2.24) is 10.6 Å². The number of hydrogen-bond acceptors (Lipinski definition) is 8. The summed E-state index contributed by atoms with van der Waals surface area (Å²) >= 11 is 12.6. The standard InChI is InChI=1S/C22H33Cl2N3O8/c1-3-35-20(29)10-18(12-5-15(23)9-16(24)6-12)26-19(28)11-25-21(30)13-4-14(22(31)34-2)8-17(7-13)27(32)33/h12-18H,3-11H2,1-2H3,(H,25,30)(H,26,28). The van der Waals surface area contributed by atoms with Crippen molar-refractivity contribution in [2.45, 2.75) is 74.7 Å². The zero-order valence-electron chi connectivity index (χ0n) is 19.9. The smallest absolute Gasteiger partial charge is 0.308 e. The molecule has 2 rings (SSSR count). The third kappa shape index (κ3) is 9.10. The maximum absolute atomic E-state index is 12.7. The quantitative estimate of drug-likeness (QED) is 0.185. The number of rotatable bonds is 10. The molecule has 0 aromatic carbocycles. The summed E-state index contributed by atoms with van der Waals surface area (Å²) in [5, 5.41) is 16.2. The van der Waals surface area contributed by atoms with Gasteiger partial charge in [0.2, 0.25) is 17.9 Å². The molecule has 13 heteroatoms. The Morgan fingerprint density at radius 1 is 1.03 bits per heavy atom. The van der Waals surface area contributed by atoms with Crippen LogP contribution in [0.25, 0.3) is 0 Å². The predicted octanol–water partition coefficient (Wildman–Crippen LogP) is 1.79. The highest BCUT2D eigenvalue weighted by atomic mass is 35.5. The molecule has 0 spiro atoms. The number of nitrogens with zero attached hydrogens (tertiary/aromatic N) is 1. The van der Waals surface area contributed by atoms with Crippen molar-refractivity contribution in [3.8, 4) is 0 Å². The van der Waals surface area contributed by atoms with Crippen LogP contribution in [-0.2, 0) is 28.7 Å². The summed E-state index contributed by atoms with van der Waals surface area (Å²) in [4.78, 5) is 60.2. The van der Waals surface area contributed by atoms with Gasteiger partial charge in [-0.2, -0.15) is 0 Å². The molecule has 2 saturated carbocycles. The van der Waals surface area contributed by atoms with Crippen LogP contribution in [0.3, 0.4) is 0 Å². The van der Waals surface area contributed by atoms with Gasteiger partial charge in [-0.15, -0.1) is 23.2 Å². The van der Waals surface area contributed by atoms with Crippen molar-refractivity contribution in [1.29, 1.82) is 0 Å². The average molecular weight is 538 g/mol. The van der Waals surface area contributed by atoms with Crippen LogP contribution in [-0.4, -0.2) is 71.8 Å². The number of methoxy groups -OCH3 is 1. The van der Waals surface area contributed by atoms with Crippen molar-refractivity contribution < 1.29 is 33.6 Å². The topological polar surface area (TPSA) is 154 Å². The molecule has 0 saturated heterocycles. The predicted molar refractivity (Wildman–Crippen MR) is 126 cm³/mol. The first-order valence-electron chi connectivity index (χ1n) is 11.8. The van der Waals surface area contributed by atoms with Crippen molar-refractivity contribution in [3.63, 3.8) is 0 Å². The Morgan fingerprint density at radius 3 is 2.23 bits per heavy atom. The van der Waals surface area contributed by atoms with Crippen molar-refractivity contribution in [3.05, 3.63) is 10.1 Å². The lowest BCUT2D eigenvalue weighted by molar-refractivity contribution is -0.528. The van der Waals surface area contributed by atoms with Crippen LogP contribution in [0.2, 0.25) is 0 Å². The molecule has 2 aliphatic rings. The first kappa shape index (κ1) is 29.1. The number of hydrogen-bond donors (Lipinski definition) is 2. The van der Waals surface area contributed by atoms with E-state index in [2.05, 4.69) is 10.6 Å². The molecule has 6 atom stereocenters. The van der Waals surface area contributed by atoms with E-state index < -0.39 is 52.6 Å². The van der Waals surface area contributed by atoms with Gasteiger partial charge >= 0.3 is 11.9 Å². The Labute approximate surface area is 214 Å². The van der Waals surface area contributed by atoms with E-state index in [1.54, 1.807) is 6.92 Å². The zero-order chi connectivity index (χ0) is 26.1. The normalized spacial score (nSPS) is 29.4. The molecule has 35 heavy (non-hydrogen) atoms. The van der Waals surface area contributed by atoms with E-state index >= 15 is 0 Å². The van der Waals surface area contributed by atoms with Gasteiger partial charge in [0.05, 0.1) is 32.6 Å². The first-order chi connectivity index (χ1) is 16.5. The molecule has 0 bridgehead atoms. The van der Waals surface area contributed by atoms with Gasteiger partial charge in [-0.25, -0.2) is 0 Å². The number of alkyl halides is 2. The lowest BCUT2D eigenvalue weighted by atomic mass is 9.78. The Balaban J connectivity index is 1.98. The second-order valence-electron chi connectivity index (χ2n) is 9.13. The summed E-state index contributed by atoms with van der Waals surface area (Å²) < 4.78 is 9.72. The molecule has 6 unspecified atom stereocenters. The number of carbonyl (C=O) groups is 4. The van der Waals surface area contributed by atoms with Crippen LogP contribution in [0.4, 0.5) is 0 Å². The van der Waals surface area contributed by atoms with Crippen molar-refractivity contribution in [2.75, 3.05) is 20.3 Å². The highest BCUT2D eigenvalue weighted by Crippen LogP contribution is 2.34. The van der Waals surface area contributed by atoms with Gasteiger partial charge < -0.3 is 20.1 Å². The van der Waals surface area contributed by atoms with Gasteiger partial charge in [-0.1, -0.05) is 0 Å². The number of nitro groups is 1. The van der Waals surface area contributed by atoms with Gasteiger partial charge in [0, 0.05) is 40.5 Å². The number of ether oxygens (including phenoxy) is 2. The molecule has 0 aromatic heterocycles. The van der Waals surface area contributed by atoms with Crippen LogP contribution in [0.1, 0.15) is 51.9 Å². The molecule has 0 aliphatic heterocycles. The van der Waals surface area contributed by atoms with Gasteiger partial charge in [-0.05, 0) is 38.5 Å². The Hall–Kier alpha value is -2.14. The Morgan fingerprint density at radius 2 is 1.66 bits per heavy atom. The van der Waals surface area contributed by atoms with Crippen LogP contribution in [0, 0.1) is 27.9 Å². The molecule has 0 radical (unpaired) electrons. The van der Waals surface area contributed by atoms with Crippen molar-refractivity contribution in [2.24, 2.45) is 17.8 Å². The summed E-state index contributed by atoms with van der Waals surface area (Å²) in [5.41, 5.74) is 0. The summed E-state index contributed by atoms with van der Waals surface area (Å²) in [5.74, 6) is -3.86. The molecule has 198 valence electrons. The fourth-order valence-corrected chi connectivity index (χ4v) is 5.87. The summed E-state index contributed by atoms with van der Waals surface area (Å²) in [7, 11) is 1.19. The van der Waals surface area contributed by atoms with Gasteiger partial charge in [0.25, 0.3) is 0 Å². The Kier molecular flexibility index (Phi) is 11.5. The average Bonchev–Trinajstić information content (AvgIpc) is 2.80. The van der Waals surface area contributed by atoms with E-state index in [4.69, 9.17) is 32.7 Å². The number of esters is 2. The highest BCUT2D eigenvalue weighted by Gasteiger charge is 2.42. The van der Waals surface area contributed by atoms with E-state index in [0.29, 0.717) is 19.3 Å². The van der Waals surface area contributed by atoms with Gasteiger partial charge in [0.1, 0.15) is 0 Å². The second-order valence-corrected chi connectivity index (χ2v) is 10.4. The van der Waals surface area contributed by atoms with Crippen LogP contribution < -0.4 is 10.6 Å². The molecule has 2 aliphatic carbocycles. The third-order valence-electron chi connectivity index (χ3n) is 6.54.